The van der Waals surface area contributed by atoms with Crippen molar-refractivity contribution in [1.82, 2.24) is 19.4 Å². The van der Waals surface area contributed by atoms with Crippen LogP contribution < -0.4 is 20.7 Å². The number of benzene rings is 2. The molecule has 258 valence electrons. The Morgan fingerprint density at radius 1 is 1.00 bits per heavy atom. The lowest BCUT2D eigenvalue weighted by Crippen LogP contribution is -2.34. The van der Waals surface area contributed by atoms with Crippen molar-refractivity contribution in [2.24, 2.45) is 62.7 Å². The lowest BCUT2D eigenvalue weighted by atomic mass is 10.1. The van der Waals surface area contributed by atoms with Crippen LogP contribution in [0.25, 0.3) is 22.2 Å². The summed E-state index contributed by atoms with van der Waals surface area (Å²) >= 11 is 6.60. The summed E-state index contributed by atoms with van der Waals surface area (Å²) in [5.41, 5.74) is 25.2. The summed E-state index contributed by atoms with van der Waals surface area (Å²) in [6, 6.07) is 10.6. The van der Waals surface area contributed by atoms with E-state index in [-0.39, 0.29) is 0 Å². The standard InChI is InChI=1S/C27H30ClN7O.H2N14/c1-16-11-23(34(3)17-7-8-33(2)14-17)21(29)12-22(16)31-27-30-13-20(28)25(32-27)19-15-35-9-10-36-24-6-4-5-18(19)26(24)35;1-3-5-7-9-11-13-14-12-10-8-6-4-2/h4-6,11-13,15,17H,7-10,14,29H2,1-3H3,(H,30,31,32);1-2H/b;3-1?,4-2?,7-5+,8-6+,11-9+,12-10+,14-13+. The molecular formula is C27H32ClN21O. The molecule has 4 aromatic rings. The Balaban J connectivity index is 0.000000296. The third kappa shape index (κ3) is 8.40. The number of nitrogens with two attached hydrogens (primary N) is 1. The predicted octanol–water partition coefficient (Wildman–Crippen LogP) is 7.72. The number of anilines is 4. The highest BCUT2D eigenvalue weighted by Gasteiger charge is 2.25. The van der Waals surface area contributed by atoms with Crippen LogP contribution in [0.3, 0.4) is 0 Å². The third-order valence-corrected chi connectivity index (χ3v) is 8.09. The summed E-state index contributed by atoms with van der Waals surface area (Å²) < 4.78 is 8.06. The first-order chi connectivity index (χ1) is 24.3. The van der Waals surface area contributed by atoms with Crippen molar-refractivity contribution in [3.05, 3.63) is 53.3 Å². The number of nitrogens with one attached hydrogen (secondary N) is 3. The number of likely N-dealkylation sites (tertiary alicyclic amines) is 1. The summed E-state index contributed by atoms with van der Waals surface area (Å²) in [4.78, 5) is 13.9. The number of nitrogens with zero attached hydrogens (tertiary/aromatic N) is 17. The molecule has 4 heterocycles. The van der Waals surface area contributed by atoms with Crippen LogP contribution in [-0.2, 0) is 6.54 Å². The molecule has 1 saturated heterocycles. The zero-order valence-corrected chi connectivity index (χ0v) is 27.9. The number of halogens is 1. The van der Waals surface area contributed by atoms with Gasteiger partial charge in [-0.3, -0.25) is 0 Å². The second-order valence-electron chi connectivity index (χ2n) is 10.9. The van der Waals surface area contributed by atoms with E-state index in [2.05, 4.69) is 127 Å². The Morgan fingerprint density at radius 3 is 2.32 bits per heavy atom. The average molecular weight is 702 g/mol. The number of hydrogen-bond acceptors (Lipinski definition) is 9. The van der Waals surface area contributed by atoms with Crippen molar-refractivity contribution in [2.45, 2.75) is 25.9 Å². The highest BCUT2D eigenvalue weighted by Crippen LogP contribution is 2.39. The topological polar surface area (TPSA) is 280 Å². The van der Waals surface area contributed by atoms with E-state index in [0.717, 1.165) is 70.9 Å². The fraction of sp³-hybridized carbons (Fsp3) is 0.333. The molecule has 2 aromatic heterocycles. The van der Waals surface area contributed by atoms with Crippen molar-refractivity contribution in [3.63, 3.8) is 0 Å². The Bertz CT molecular complexity index is 1960. The molecule has 0 radical (unpaired) electrons. The second-order valence-corrected chi connectivity index (χ2v) is 11.3. The van der Waals surface area contributed by atoms with Gasteiger partial charge in [0.25, 0.3) is 0 Å². The average Bonchev–Trinajstić information content (AvgIpc) is 3.73. The Labute approximate surface area is 289 Å². The molecule has 1 atom stereocenters. The molecule has 1 unspecified atom stereocenters. The van der Waals surface area contributed by atoms with E-state index in [0.29, 0.717) is 29.3 Å². The quantitative estimate of drug-likeness (QED) is 0.0685. The number of rotatable bonds is 11. The molecule has 2 aliphatic rings. The molecule has 6 rings (SSSR count). The largest absolute Gasteiger partial charge is 0.490 e. The molecule has 0 aliphatic carbocycles. The summed E-state index contributed by atoms with van der Waals surface area (Å²) in [6.07, 6.45) is 4.88. The van der Waals surface area contributed by atoms with E-state index in [1.807, 2.05) is 18.2 Å². The van der Waals surface area contributed by atoms with Crippen molar-refractivity contribution in [3.8, 4) is 17.0 Å². The molecular weight excluding hydrogens is 670 g/mol. The van der Waals surface area contributed by atoms with Gasteiger partial charge < -0.3 is 30.2 Å². The van der Waals surface area contributed by atoms with Crippen LogP contribution >= 0.6 is 11.6 Å². The second kappa shape index (κ2) is 16.7. The molecule has 5 N–H and O–H groups in total. The number of hydrogen-bond donors (Lipinski definition) is 4. The van der Waals surface area contributed by atoms with Gasteiger partial charge in [0.05, 0.1) is 40.3 Å². The van der Waals surface area contributed by atoms with Gasteiger partial charge in [0.2, 0.25) is 5.95 Å². The van der Waals surface area contributed by atoms with Crippen LogP contribution in [0.1, 0.15) is 12.0 Å². The SMILES string of the molecule is Cc1cc(N(C)C2CCN(C)C2)c(N)cc1Nc1ncc(Cl)c(-c2cn3c4c(cccc24)OCC3)n1.N=N/N=N/N=N/N=N/N=N/N=N/N=N. The van der Waals surface area contributed by atoms with E-state index < -0.39 is 0 Å². The summed E-state index contributed by atoms with van der Waals surface area (Å²) in [6.45, 7) is 5.66. The lowest BCUT2D eigenvalue weighted by Gasteiger charge is -2.28. The Kier molecular flexibility index (Phi) is 11.7. The van der Waals surface area contributed by atoms with Crippen LogP contribution in [0.5, 0.6) is 5.75 Å². The Hall–Kier alpha value is -6.29. The minimum atomic E-state index is 0.460. The van der Waals surface area contributed by atoms with E-state index in [4.69, 9.17) is 38.1 Å². The first kappa shape index (κ1) is 35.0. The van der Waals surface area contributed by atoms with Gasteiger partial charge in [-0.1, -0.05) is 23.7 Å². The predicted molar refractivity (Wildman–Crippen MR) is 181 cm³/mol. The van der Waals surface area contributed by atoms with E-state index in [1.165, 1.54) is 0 Å². The Morgan fingerprint density at radius 2 is 1.68 bits per heavy atom. The van der Waals surface area contributed by atoms with E-state index >= 15 is 0 Å². The zero-order valence-electron chi connectivity index (χ0n) is 27.1. The van der Waals surface area contributed by atoms with Gasteiger partial charge in [-0.05, 0) is 113 Å². The van der Waals surface area contributed by atoms with Crippen LogP contribution in [-0.4, -0.2) is 59.3 Å². The van der Waals surface area contributed by atoms with Gasteiger partial charge in [0.15, 0.2) is 0 Å². The molecule has 22 nitrogen and oxygen atoms in total. The van der Waals surface area contributed by atoms with Crippen LogP contribution in [0.2, 0.25) is 5.02 Å². The normalized spacial score (nSPS) is 16.1. The number of aromatic nitrogens is 3. The van der Waals surface area contributed by atoms with Crippen molar-refractivity contribution < 1.29 is 4.74 Å². The highest BCUT2D eigenvalue weighted by molar-refractivity contribution is 6.33. The fourth-order valence-corrected chi connectivity index (χ4v) is 5.75. The van der Waals surface area contributed by atoms with Gasteiger partial charge in [-0.25, -0.2) is 9.97 Å². The number of ether oxygens (including phenoxy) is 1. The maximum absolute atomic E-state index is 6.60. The van der Waals surface area contributed by atoms with Crippen molar-refractivity contribution >= 4 is 45.5 Å². The minimum absolute atomic E-state index is 0.460. The van der Waals surface area contributed by atoms with Gasteiger partial charge >= 0.3 is 0 Å². The van der Waals surface area contributed by atoms with E-state index in [1.54, 1.807) is 6.20 Å². The first-order valence-electron chi connectivity index (χ1n) is 14.9. The molecule has 0 spiro atoms. The van der Waals surface area contributed by atoms with Gasteiger partial charge in [-0.2, -0.15) is 11.1 Å². The molecule has 0 amide bonds. The lowest BCUT2D eigenvalue weighted by molar-refractivity contribution is 0.287. The van der Waals surface area contributed by atoms with Crippen molar-refractivity contribution in [1.29, 1.82) is 11.1 Å². The molecule has 23 heteroatoms. The monoisotopic (exact) mass is 701 g/mol. The van der Waals surface area contributed by atoms with E-state index in [9.17, 15) is 0 Å². The molecule has 2 aliphatic heterocycles. The van der Waals surface area contributed by atoms with Crippen LogP contribution in [0.4, 0.5) is 23.0 Å². The molecule has 0 saturated carbocycles. The van der Waals surface area contributed by atoms with Crippen LogP contribution in [0.15, 0.2) is 105 Å². The van der Waals surface area contributed by atoms with Gasteiger partial charge in [0, 0.05) is 42.5 Å². The maximum atomic E-state index is 6.60. The number of para-hydroxylation sites is 1. The zero-order chi connectivity index (χ0) is 35.5. The third-order valence-electron chi connectivity index (χ3n) is 7.81. The minimum Gasteiger partial charge on any atom is -0.490 e. The van der Waals surface area contributed by atoms with Gasteiger partial charge in [0.1, 0.15) is 12.4 Å². The van der Waals surface area contributed by atoms with Crippen molar-refractivity contribution in [2.75, 3.05) is 49.7 Å². The molecule has 1 fully saturated rings. The smallest absolute Gasteiger partial charge is 0.227 e. The maximum Gasteiger partial charge on any atom is 0.227 e. The van der Waals surface area contributed by atoms with Crippen LogP contribution in [0, 0.1) is 18.0 Å². The fourth-order valence-electron chi connectivity index (χ4n) is 5.56. The summed E-state index contributed by atoms with van der Waals surface area (Å²) in [5, 5.41) is 38.6. The number of aryl methyl sites for hydroxylation is 1. The summed E-state index contributed by atoms with van der Waals surface area (Å²) in [5.74, 6) is 1.35. The number of likely N-dealkylation sites (N-methyl/N-ethyl adjacent to an activating group) is 2. The highest BCUT2D eigenvalue weighted by atomic mass is 35.5. The van der Waals surface area contributed by atoms with Gasteiger partial charge in [-0.15, -0.1) is 0 Å². The molecule has 0 bridgehead atoms. The molecule has 50 heavy (non-hydrogen) atoms. The summed E-state index contributed by atoms with van der Waals surface area (Å²) in [7, 11) is 4.29. The first-order valence-corrected chi connectivity index (χ1v) is 15.3. The molecule has 2 aromatic carbocycles. The number of nitrogen functional groups attached to an aromatic ring is 1.